The molecule has 7 nitrogen and oxygen atoms in total. The minimum absolute atomic E-state index is 0. The number of hydrogen-bond acceptors (Lipinski definition) is 5. The molecule has 2 N–H and O–H groups in total. The van der Waals surface area contributed by atoms with Gasteiger partial charge in [-0.05, 0) is 75.9 Å². The van der Waals surface area contributed by atoms with Crippen LogP contribution in [0.2, 0.25) is 0 Å². The van der Waals surface area contributed by atoms with Crippen LogP contribution in [0.25, 0.3) is 0 Å². The van der Waals surface area contributed by atoms with E-state index in [-0.39, 0.29) is 24.0 Å². The lowest BCUT2D eigenvalue weighted by atomic mass is 9.97. The van der Waals surface area contributed by atoms with E-state index >= 15 is 0 Å². The summed E-state index contributed by atoms with van der Waals surface area (Å²) in [6.45, 7) is 12.9. The molecule has 0 saturated carbocycles. The molecule has 0 spiro atoms. The van der Waals surface area contributed by atoms with E-state index in [0.717, 1.165) is 56.6 Å². The Bertz CT molecular complexity index is 702. The first kappa shape index (κ1) is 28.0. The second-order valence-electron chi connectivity index (χ2n) is 9.09. The predicted molar refractivity (Wildman–Crippen MR) is 147 cm³/mol. The molecule has 2 aliphatic rings. The van der Waals surface area contributed by atoms with Gasteiger partial charge in [-0.1, -0.05) is 6.92 Å². The lowest BCUT2D eigenvalue weighted by Crippen LogP contribution is -2.45. The average Bonchev–Trinajstić information content (AvgIpc) is 3.25. The van der Waals surface area contributed by atoms with E-state index in [1.807, 2.05) is 6.07 Å². The SMILES string of the molecule is CCCN1CCC(CN=C(NCC)NC2CCN(Cc3cc(OC)cc(OC)c3)C2)CC1.I. The topological polar surface area (TPSA) is 61.4 Å². The number of likely N-dealkylation sites (tertiary alicyclic amines) is 2. The van der Waals surface area contributed by atoms with Crippen molar-refractivity contribution in [2.75, 3.05) is 60.0 Å². The van der Waals surface area contributed by atoms with Gasteiger partial charge in [-0.2, -0.15) is 0 Å². The van der Waals surface area contributed by atoms with Crippen LogP contribution < -0.4 is 20.1 Å². The van der Waals surface area contributed by atoms with Crippen LogP contribution in [0.15, 0.2) is 23.2 Å². The van der Waals surface area contributed by atoms with E-state index in [9.17, 15) is 0 Å². The van der Waals surface area contributed by atoms with Gasteiger partial charge in [0.05, 0.1) is 14.2 Å². The maximum atomic E-state index is 5.42. The van der Waals surface area contributed by atoms with E-state index in [1.54, 1.807) is 14.2 Å². The molecule has 33 heavy (non-hydrogen) atoms. The highest BCUT2D eigenvalue weighted by molar-refractivity contribution is 14.0. The Balaban J connectivity index is 0.00000385. The zero-order chi connectivity index (χ0) is 22.8. The van der Waals surface area contributed by atoms with Crippen molar-refractivity contribution in [3.05, 3.63) is 23.8 Å². The molecule has 1 atom stereocenters. The number of piperidine rings is 1. The van der Waals surface area contributed by atoms with Crippen LogP contribution in [0.5, 0.6) is 11.5 Å². The van der Waals surface area contributed by atoms with Crippen molar-refractivity contribution in [2.24, 2.45) is 10.9 Å². The number of ether oxygens (including phenoxy) is 2. The maximum Gasteiger partial charge on any atom is 0.191 e. The minimum atomic E-state index is 0. The van der Waals surface area contributed by atoms with Crippen LogP contribution in [0.3, 0.4) is 0 Å². The number of halogens is 1. The fourth-order valence-electron chi connectivity index (χ4n) is 4.75. The van der Waals surface area contributed by atoms with Gasteiger partial charge in [-0.25, -0.2) is 0 Å². The van der Waals surface area contributed by atoms with E-state index < -0.39 is 0 Å². The molecule has 1 aromatic rings. The number of aliphatic imine (C=N–C) groups is 1. The third-order valence-corrected chi connectivity index (χ3v) is 6.53. The van der Waals surface area contributed by atoms with Crippen molar-refractivity contribution >= 4 is 29.9 Å². The second-order valence-corrected chi connectivity index (χ2v) is 9.09. The molecule has 0 amide bonds. The summed E-state index contributed by atoms with van der Waals surface area (Å²) >= 11 is 0. The van der Waals surface area contributed by atoms with Crippen molar-refractivity contribution in [2.45, 2.75) is 52.1 Å². The molecule has 2 saturated heterocycles. The molecule has 3 rings (SSSR count). The van der Waals surface area contributed by atoms with Gasteiger partial charge in [-0.3, -0.25) is 9.89 Å². The highest BCUT2D eigenvalue weighted by Gasteiger charge is 2.24. The number of nitrogens with zero attached hydrogens (tertiary/aromatic N) is 3. The van der Waals surface area contributed by atoms with Crippen molar-refractivity contribution in [3.8, 4) is 11.5 Å². The van der Waals surface area contributed by atoms with Gasteiger partial charge in [0.1, 0.15) is 11.5 Å². The van der Waals surface area contributed by atoms with Crippen LogP contribution in [0, 0.1) is 5.92 Å². The van der Waals surface area contributed by atoms with Crippen LogP contribution in [-0.4, -0.2) is 81.8 Å². The van der Waals surface area contributed by atoms with Gasteiger partial charge in [0.15, 0.2) is 5.96 Å². The number of rotatable bonds is 10. The summed E-state index contributed by atoms with van der Waals surface area (Å²) in [5.41, 5.74) is 1.22. The third kappa shape index (κ3) is 9.13. The summed E-state index contributed by atoms with van der Waals surface area (Å²) in [5, 5.41) is 7.13. The fraction of sp³-hybridized carbons (Fsp3) is 0.720. The molecule has 0 aliphatic carbocycles. The first-order valence-corrected chi connectivity index (χ1v) is 12.3. The zero-order valence-electron chi connectivity index (χ0n) is 20.9. The molecular formula is C25H44IN5O2. The van der Waals surface area contributed by atoms with Gasteiger partial charge in [-0.15, -0.1) is 24.0 Å². The van der Waals surface area contributed by atoms with Crippen molar-refractivity contribution < 1.29 is 9.47 Å². The molecule has 2 fully saturated rings. The predicted octanol–water partition coefficient (Wildman–Crippen LogP) is 3.57. The lowest BCUT2D eigenvalue weighted by Gasteiger charge is -2.31. The maximum absolute atomic E-state index is 5.42. The third-order valence-electron chi connectivity index (χ3n) is 6.53. The highest BCUT2D eigenvalue weighted by Crippen LogP contribution is 2.24. The van der Waals surface area contributed by atoms with Crippen LogP contribution >= 0.6 is 24.0 Å². The Morgan fingerprint density at radius 3 is 2.27 bits per heavy atom. The van der Waals surface area contributed by atoms with Crippen LogP contribution in [0.1, 0.15) is 45.1 Å². The quantitative estimate of drug-likeness (QED) is 0.254. The number of nitrogens with one attached hydrogen (secondary N) is 2. The van der Waals surface area contributed by atoms with Crippen LogP contribution in [-0.2, 0) is 6.54 Å². The van der Waals surface area contributed by atoms with Crippen molar-refractivity contribution in [1.82, 2.24) is 20.4 Å². The minimum Gasteiger partial charge on any atom is -0.497 e. The Hall–Kier alpha value is -1.26. The van der Waals surface area contributed by atoms with E-state index in [0.29, 0.717) is 12.0 Å². The summed E-state index contributed by atoms with van der Waals surface area (Å²) in [6.07, 6.45) is 4.91. The molecule has 0 radical (unpaired) electrons. The molecule has 8 heteroatoms. The highest BCUT2D eigenvalue weighted by atomic mass is 127. The summed E-state index contributed by atoms with van der Waals surface area (Å²) < 4.78 is 10.8. The monoisotopic (exact) mass is 573 g/mol. The molecule has 188 valence electrons. The van der Waals surface area contributed by atoms with Gasteiger partial charge in [0.2, 0.25) is 0 Å². The van der Waals surface area contributed by atoms with E-state index in [1.165, 1.54) is 44.5 Å². The molecule has 2 heterocycles. The van der Waals surface area contributed by atoms with Crippen molar-refractivity contribution in [3.63, 3.8) is 0 Å². The van der Waals surface area contributed by atoms with Gasteiger partial charge < -0.3 is 25.0 Å². The lowest BCUT2D eigenvalue weighted by molar-refractivity contribution is 0.188. The summed E-state index contributed by atoms with van der Waals surface area (Å²) in [4.78, 5) is 10.0. The van der Waals surface area contributed by atoms with Gasteiger partial charge in [0.25, 0.3) is 0 Å². The summed E-state index contributed by atoms with van der Waals surface area (Å²) in [6, 6.07) is 6.54. The molecule has 1 unspecified atom stereocenters. The largest absolute Gasteiger partial charge is 0.497 e. The normalized spacial score (nSPS) is 20.4. The number of methoxy groups -OCH3 is 2. The summed E-state index contributed by atoms with van der Waals surface area (Å²) in [5.74, 6) is 3.37. The first-order chi connectivity index (χ1) is 15.6. The molecule has 0 bridgehead atoms. The molecule has 1 aromatic carbocycles. The molecule has 0 aromatic heterocycles. The van der Waals surface area contributed by atoms with Gasteiger partial charge >= 0.3 is 0 Å². The fourth-order valence-corrected chi connectivity index (χ4v) is 4.75. The van der Waals surface area contributed by atoms with Crippen LogP contribution in [0.4, 0.5) is 0 Å². The smallest absolute Gasteiger partial charge is 0.191 e. The Kier molecular flexibility index (Phi) is 12.6. The zero-order valence-corrected chi connectivity index (χ0v) is 23.3. The number of benzene rings is 1. The number of hydrogen-bond donors (Lipinski definition) is 2. The van der Waals surface area contributed by atoms with Gasteiger partial charge in [0, 0.05) is 44.8 Å². The Morgan fingerprint density at radius 1 is 1.00 bits per heavy atom. The Labute approximate surface area is 217 Å². The van der Waals surface area contributed by atoms with E-state index in [2.05, 4.69) is 46.4 Å². The number of guanidine groups is 1. The summed E-state index contributed by atoms with van der Waals surface area (Å²) in [7, 11) is 3.40. The molecule has 2 aliphatic heterocycles. The second kappa shape index (κ2) is 14.9. The Morgan fingerprint density at radius 2 is 1.67 bits per heavy atom. The standard InChI is InChI=1S/C25H43N5O2.HI/c1-5-10-29-11-7-20(8-12-29)17-27-25(26-6-2)28-22-9-13-30(19-22)18-21-14-23(31-3)16-24(15-21)32-4;/h14-16,20,22H,5-13,17-19H2,1-4H3,(H2,26,27,28);1H. The first-order valence-electron chi connectivity index (χ1n) is 12.3. The van der Waals surface area contributed by atoms with E-state index in [4.69, 9.17) is 14.5 Å². The van der Waals surface area contributed by atoms with Crippen molar-refractivity contribution in [1.29, 1.82) is 0 Å². The average molecular weight is 574 g/mol. The molecular weight excluding hydrogens is 529 g/mol.